The molecule has 206 valence electrons. The fourth-order valence-electron chi connectivity index (χ4n) is 5.13. The summed E-state index contributed by atoms with van der Waals surface area (Å²) in [7, 11) is 0. The van der Waals surface area contributed by atoms with Crippen molar-refractivity contribution < 1.29 is 27.2 Å². The number of amides is 2. The van der Waals surface area contributed by atoms with Gasteiger partial charge in [0, 0.05) is 23.5 Å². The van der Waals surface area contributed by atoms with Crippen molar-refractivity contribution >= 4 is 51.5 Å². The molecule has 3 aromatic rings. The van der Waals surface area contributed by atoms with E-state index in [1.165, 1.54) is 16.8 Å². The molecule has 0 unspecified atom stereocenters. The first-order chi connectivity index (χ1) is 18.5. The van der Waals surface area contributed by atoms with Crippen molar-refractivity contribution in [3.63, 3.8) is 0 Å². The Morgan fingerprint density at radius 3 is 2.64 bits per heavy atom. The number of carbonyl (C=O) groups is 2. The maximum absolute atomic E-state index is 14.8. The fourth-order valence-corrected chi connectivity index (χ4v) is 6.19. The summed E-state index contributed by atoms with van der Waals surface area (Å²) in [6.45, 7) is 5.07. The van der Waals surface area contributed by atoms with E-state index in [-0.39, 0.29) is 28.6 Å². The highest BCUT2D eigenvalue weighted by Crippen LogP contribution is 2.37. The van der Waals surface area contributed by atoms with Crippen molar-refractivity contribution in [2.75, 3.05) is 19.6 Å². The Hall–Kier alpha value is -2.89. The van der Waals surface area contributed by atoms with E-state index in [2.05, 4.69) is 5.10 Å². The number of carbonyl (C=O) groups excluding carboxylic acids is 2. The van der Waals surface area contributed by atoms with Gasteiger partial charge in [0.1, 0.15) is 6.17 Å². The number of halogens is 5. The highest BCUT2D eigenvalue weighted by atomic mass is 35.5. The van der Waals surface area contributed by atoms with E-state index in [9.17, 15) is 27.2 Å². The van der Waals surface area contributed by atoms with Crippen molar-refractivity contribution in [3.8, 4) is 0 Å². The molecule has 2 saturated heterocycles. The zero-order valence-electron chi connectivity index (χ0n) is 21.1. The molecule has 0 N–H and O–H groups in total. The number of hydrogen-bond donors (Lipinski definition) is 0. The van der Waals surface area contributed by atoms with Gasteiger partial charge in [-0.1, -0.05) is 30.7 Å². The first-order valence-corrected chi connectivity index (χ1v) is 13.6. The van der Waals surface area contributed by atoms with Crippen LogP contribution in [0.3, 0.4) is 0 Å². The minimum Gasteiger partial charge on any atom is -0.301 e. The third-order valence-electron chi connectivity index (χ3n) is 7.15. The highest BCUT2D eigenvalue weighted by Gasteiger charge is 2.44. The molecule has 0 aliphatic carbocycles. The molecular weight excluding hydrogens is 556 g/mol. The van der Waals surface area contributed by atoms with Crippen LogP contribution in [0.15, 0.2) is 41.3 Å². The molecule has 39 heavy (non-hydrogen) atoms. The Labute approximate surface area is 231 Å². The Balaban J connectivity index is 1.41. The number of piperidine rings is 1. The Morgan fingerprint density at radius 1 is 1.18 bits per heavy atom. The molecule has 2 aromatic carbocycles. The van der Waals surface area contributed by atoms with Gasteiger partial charge in [-0.3, -0.25) is 19.2 Å². The molecular formula is C27H25ClF4N4O2S. The molecule has 2 fully saturated rings. The minimum absolute atomic E-state index is 0.00455. The minimum atomic E-state index is -4.57. The van der Waals surface area contributed by atoms with Crippen LogP contribution >= 0.6 is 23.4 Å². The lowest BCUT2D eigenvalue weighted by atomic mass is 10.0. The molecule has 3 heterocycles. The first kappa shape index (κ1) is 27.7. The molecule has 2 aliphatic heterocycles. The summed E-state index contributed by atoms with van der Waals surface area (Å²) in [5.74, 6) is -0.516. The van der Waals surface area contributed by atoms with Crippen molar-refractivity contribution in [1.29, 1.82) is 0 Å². The summed E-state index contributed by atoms with van der Waals surface area (Å²) in [6, 6.07) is 8.06. The fraction of sp³-hybridized carbons (Fsp3) is 0.370. The number of likely N-dealkylation sites (tertiary alicyclic amines) is 1. The van der Waals surface area contributed by atoms with Crippen LogP contribution in [0.25, 0.3) is 17.0 Å². The van der Waals surface area contributed by atoms with Crippen LogP contribution in [-0.4, -0.2) is 62.6 Å². The number of imide groups is 1. The normalized spacial score (nSPS) is 22.0. The number of nitrogens with zero attached hydrogens (tertiary/aromatic N) is 4. The van der Waals surface area contributed by atoms with Gasteiger partial charge in [0.15, 0.2) is 0 Å². The number of aryl methyl sites for hydroxylation is 1. The van der Waals surface area contributed by atoms with Crippen molar-refractivity contribution in [3.05, 3.63) is 68.7 Å². The smallest absolute Gasteiger partial charge is 0.301 e. The van der Waals surface area contributed by atoms with E-state index in [4.69, 9.17) is 11.6 Å². The zero-order valence-corrected chi connectivity index (χ0v) is 22.7. The molecule has 0 saturated carbocycles. The van der Waals surface area contributed by atoms with Gasteiger partial charge in [-0.05, 0) is 73.1 Å². The first-order valence-electron chi connectivity index (χ1n) is 12.4. The summed E-state index contributed by atoms with van der Waals surface area (Å²) in [5.41, 5.74) is 1.04. The summed E-state index contributed by atoms with van der Waals surface area (Å²) in [5, 5.41) is 4.64. The average Bonchev–Trinajstić information content (AvgIpc) is 3.33. The van der Waals surface area contributed by atoms with Gasteiger partial charge in [-0.2, -0.15) is 18.3 Å². The van der Waals surface area contributed by atoms with Crippen LogP contribution in [-0.2, 0) is 17.5 Å². The van der Waals surface area contributed by atoms with Crippen molar-refractivity contribution in [2.45, 2.75) is 45.2 Å². The Kier molecular flexibility index (Phi) is 7.51. The van der Waals surface area contributed by atoms with Crippen LogP contribution in [0.2, 0.25) is 5.02 Å². The van der Waals surface area contributed by atoms with Crippen LogP contribution in [0, 0.1) is 6.92 Å². The second-order valence-electron chi connectivity index (χ2n) is 9.64. The predicted molar refractivity (Wildman–Crippen MR) is 143 cm³/mol. The van der Waals surface area contributed by atoms with E-state index in [0.717, 1.165) is 22.7 Å². The second-order valence-corrected chi connectivity index (χ2v) is 11.1. The predicted octanol–water partition coefficient (Wildman–Crippen LogP) is 6.53. The number of fused-ring (bicyclic) bond motifs is 1. The van der Waals surface area contributed by atoms with Crippen LogP contribution in [0.4, 0.5) is 22.4 Å². The number of hydrogen-bond acceptors (Lipinski definition) is 5. The van der Waals surface area contributed by atoms with Crippen molar-refractivity contribution in [1.82, 2.24) is 19.6 Å². The molecule has 0 spiro atoms. The number of rotatable bonds is 5. The molecule has 2 aliphatic rings. The van der Waals surface area contributed by atoms with Crippen LogP contribution < -0.4 is 0 Å². The van der Waals surface area contributed by atoms with E-state index in [1.54, 1.807) is 31.2 Å². The summed E-state index contributed by atoms with van der Waals surface area (Å²) < 4.78 is 57.1. The van der Waals surface area contributed by atoms with E-state index in [1.807, 2.05) is 11.8 Å². The summed E-state index contributed by atoms with van der Waals surface area (Å²) >= 11 is 6.59. The number of benzene rings is 2. The van der Waals surface area contributed by atoms with Gasteiger partial charge in [0.2, 0.25) is 0 Å². The van der Waals surface area contributed by atoms with E-state index < -0.39 is 35.1 Å². The molecule has 0 radical (unpaired) electrons. The molecule has 6 nitrogen and oxygen atoms in total. The van der Waals surface area contributed by atoms with Gasteiger partial charge >= 0.3 is 6.18 Å². The maximum atomic E-state index is 14.8. The quantitative estimate of drug-likeness (QED) is 0.254. The number of aromatic nitrogens is 2. The van der Waals surface area contributed by atoms with Gasteiger partial charge < -0.3 is 4.90 Å². The molecule has 0 bridgehead atoms. The topological polar surface area (TPSA) is 58.4 Å². The van der Waals surface area contributed by atoms with Crippen LogP contribution in [0.5, 0.6) is 0 Å². The standard InChI is InChI=1S/C27H25ClF4N4O2S/c1-3-34-9-8-23(21(29)14-34)36-25(37)24(39-26(36)38)11-16-4-7-22-19(10-16)15(2)33-35(22)13-17-5-6-18(28)12-20(17)27(30,31)32/h4-7,10-12,21,23H,3,8-9,13-14H2,1-2H3/t21-,23-/m1/s1. The molecule has 2 amide bonds. The molecule has 2 atom stereocenters. The number of alkyl halides is 4. The lowest BCUT2D eigenvalue weighted by molar-refractivity contribution is -0.138. The molecule has 1 aromatic heterocycles. The van der Waals surface area contributed by atoms with E-state index >= 15 is 0 Å². The monoisotopic (exact) mass is 580 g/mol. The molecule has 5 rings (SSSR count). The summed E-state index contributed by atoms with van der Waals surface area (Å²) in [6.07, 6.45) is -3.91. The Bertz CT molecular complexity index is 1490. The zero-order chi connectivity index (χ0) is 28.1. The SMILES string of the molecule is CCN1CC[C@@H](N2C(=O)SC(=Cc3ccc4c(c3)c(C)nn4Cc3ccc(Cl)cc3C(F)(F)F)C2=O)[C@H](F)C1. The van der Waals surface area contributed by atoms with Gasteiger partial charge in [0.05, 0.1) is 34.3 Å². The third-order valence-corrected chi connectivity index (χ3v) is 8.27. The average molecular weight is 581 g/mol. The van der Waals surface area contributed by atoms with Gasteiger partial charge in [0.25, 0.3) is 11.1 Å². The summed E-state index contributed by atoms with van der Waals surface area (Å²) in [4.78, 5) is 29.0. The molecule has 12 heteroatoms. The Morgan fingerprint density at radius 2 is 1.95 bits per heavy atom. The van der Waals surface area contributed by atoms with E-state index in [0.29, 0.717) is 41.7 Å². The largest absolute Gasteiger partial charge is 0.416 e. The third kappa shape index (κ3) is 5.44. The van der Waals surface area contributed by atoms with Gasteiger partial charge in [-0.15, -0.1) is 0 Å². The number of thioether (sulfide) groups is 1. The van der Waals surface area contributed by atoms with Gasteiger partial charge in [-0.25, -0.2) is 4.39 Å². The second kappa shape index (κ2) is 10.6. The maximum Gasteiger partial charge on any atom is 0.416 e. The lowest BCUT2D eigenvalue weighted by Crippen LogP contribution is -2.53. The highest BCUT2D eigenvalue weighted by molar-refractivity contribution is 8.18. The van der Waals surface area contributed by atoms with Crippen molar-refractivity contribution in [2.24, 2.45) is 0 Å². The van der Waals surface area contributed by atoms with Crippen LogP contribution in [0.1, 0.15) is 35.7 Å². The lowest BCUT2D eigenvalue weighted by Gasteiger charge is -2.37.